The van der Waals surface area contributed by atoms with E-state index in [4.69, 9.17) is 10.5 Å². The molecule has 1 rings (SSSR count). The molecule has 0 atom stereocenters. The Balaban J connectivity index is 2.89. The second-order valence-corrected chi connectivity index (χ2v) is 3.32. The fourth-order valence-corrected chi connectivity index (χ4v) is 1.25. The van der Waals surface area contributed by atoms with Crippen LogP contribution in [0.1, 0.15) is 18.1 Å². The molecule has 0 aliphatic carbocycles. The van der Waals surface area contributed by atoms with E-state index >= 15 is 0 Å². The SMILES string of the molecule is CCOC(=O)C=Cc1cc(F)c(N)cc1C. The van der Waals surface area contributed by atoms with Crippen LogP contribution in [0.2, 0.25) is 0 Å². The fraction of sp³-hybridized carbons (Fsp3) is 0.250. The van der Waals surface area contributed by atoms with Crippen molar-refractivity contribution < 1.29 is 13.9 Å². The predicted molar refractivity (Wildman–Crippen MR) is 61.2 cm³/mol. The summed E-state index contributed by atoms with van der Waals surface area (Å²) < 4.78 is 17.9. The molecule has 0 unspecified atom stereocenters. The van der Waals surface area contributed by atoms with Gasteiger partial charge in [0, 0.05) is 6.08 Å². The van der Waals surface area contributed by atoms with E-state index in [0.29, 0.717) is 12.2 Å². The van der Waals surface area contributed by atoms with Crippen molar-refractivity contribution in [2.45, 2.75) is 13.8 Å². The number of carbonyl (C=O) groups is 1. The predicted octanol–water partition coefficient (Wildman–Crippen LogP) is 2.29. The summed E-state index contributed by atoms with van der Waals surface area (Å²) in [6.07, 6.45) is 2.78. The van der Waals surface area contributed by atoms with Crippen molar-refractivity contribution in [3.63, 3.8) is 0 Å². The second-order valence-electron chi connectivity index (χ2n) is 3.32. The van der Waals surface area contributed by atoms with E-state index in [1.807, 2.05) is 0 Å². The molecule has 4 heteroatoms. The van der Waals surface area contributed by atoms with Gasteiger partial charge in [-0.15, -0.1) is 0 Å². The lowest BCUT2D eigenvalue weighted by Crippen LogP contribution is -1.99. The van der Waals surface area contributed by atoms with Crippen LogP contribution in [-0.2, 0) is 9.53 Å². The van der Waals surface area contributed by atoms with E-state index < -0.39 is 11.8 Å². The number of rotatable bonds is 3. The minimum Gasteiger partial charge on any atom is -0.463 e. The van der Waals surface area contributed by atoms with Gasteiger partial charge in [0.15, 0.2) is 0 Å². The molecule has 1 aromatic carbocycles. The van der Waals surface area contributed by atoms with E-state index in [1.165, 1.54) is 24.3 Å². The number of carbonyl (C=O) groups excluding carboxylic acids is 1. The van der Waals surface area contributed by atoms with Gasteiger partial charge in [0.25, 0.3) is 0 Å². The Morgan fingerprint density at radius 1 is 1.56 bits per heavy atom. The van der Waals surface area contributed by atoms with Crippen LogP contribution in [0.4, 0.5) is 10.1 Å². The summed E-state index contributed by atoms with van der Waals surface area (Å²) in [5.41, 5.74) is 6.92. The largest absolute Gasteiger partial charge is 0.463 e. The number of anilines is 1. The second kappa shape index (κ2) is 5.30. The number of hydrogen-bond acceptors (Lipinski definition) is 3. The standard InChI is InChI=1S/C12H14FNO2/c1-3-16-12(15)5-4-9-7-10(13)11(14)6-8(9)2/h4-7H,3,14H2,1-2H3. The fourth-order valence-electron chi connectivity index (χ4n) is 1.25. The van der Waals surface area contributed by atoms with Gasteiger partial charge in [-0.3, -0.25) is 0 Å². The number of esters is 1. The lowest BCUT2D eigenvalue weighted by atomic mass is 10.1. The first-order chi connectivity index (χ1) is 7.54. The van der Waals surface area contributed by atoms with E-state index in [0.717, 1.165) is 5.56 Å². The molecule has 3 nitrogen and oxygen atoms in total. The van der Waals surface area contributed by atoms with Crippen LogP contribution >= 0.6 is 0 Å². The first kappa shape index (κ1) is 12.2. The average Bonchev–Trinajstić information content (AvgIpc) is 2.22. The summed E-state index contributed by atoms with van der Waals surface area (Å²) in [6, 6.07) is 2.82. The van der Waals surface area contributed by atoms with Gasteiger partial charge in [-0.1, -0.05) is 0 Å². The zero-order valence-electron chi connectivity index (χ0n) is 9.29. The van der Waals surface area contributed by atoms with Crippen LogP contribution in [-0.4, -0.2) is 12.6 Å². The summed E-state index contributed by atoms with van der Waals surface area (Å²) in [7, 11) is 0. The Hall–Kier alpha value is -1.84. The molecule has 1 aromatic rings. The summed E-state index contributed by atoms with van der Waals surface area (Å²) in [5, 5.41) is 0. The molecule has 2 N–H and O–H groups in total. The summed E-state index contributed by atoms with van der Waals surface area (Å²) >= 11 is 0. The third kappa shape index (κ3) is 3.08. The van der Waals surface area contributed by atoms with Crippen LogP contribution in [0.3, 0.4) is 0 Å². The molecule has 86 valence electrons. The minimum atomic E-state index is -0.492. The highest BCUT2D eigenvalue weighted by atomic mass is 19.1. The number of nitrogens with two attached hydrogens (primary N) is 1. The van der Waals surface area contributed by atoms with Crippen molar-refractivity contribution in [2.24, 2.45) is 0 Å². The van der Waals surface area contributed by atoms with E-state index in [-0.39, 0.29) is 5.69 Å². The molecule has 0 bridgehead atoms. The molecule has 0 saturated carbocycles. The van der Waals surface area contributed by atoms with Gasteiger partial charge < -0.3 is 10.5 Å². The minimum absolute atomic E-state index is 0.103. The number of nitrogen functional groups attached to an aromatic ring is 1. The van der Waals surface area contributed by atoms with Crippen molar-refractivity contribution >= 4 is 17.7 Å². The van der Waals surface area contributed by atoms with Crippen molar-refractivity contribution in [3.8, 4) is 0 Å². The summed E-state index contributed by atoms with van der Waals surface area (Å²) in [4.78, 5) is 11.1. The number of ether oxygens (including phenoxy) is 1. The van der Waals surface area contributed by atoms with Crippen LogP contribution in [0.15, 0.2) is 18.2 Å². The zero-order valence-corrected chi connectivity index (χ0v) is 9.29. The maximum atomic E-state index is 13.2. The maximum absolute atomic E-state index is 13.2. The Morgan fingerprint density at radius 3 is 2.88 bits per heavy atom. The maximum Gasteiger partial charge on any atom is 0.330 e. The highest BCUT2D eigenvalue weighted by Gasteiger charge is 2.03. The van der Waals surface area contributed by atoms with Crippen molar-refractivity contribution in [1.82, 2.24) is 0 Å². The molecule has 0 saturated heterocycles. The summed E-state index contributed by atoms with van der Waals surface area (Å²) in [6.45, 7) is 3.83. The van der Waals surface area contributed by atoms with E-state index in [2.05, 4.69) is 0 Å². The topological polar surface area (TPSA) is 52.3 Å². The lowest BCUT2D eigenvalue weighted by molar-refractivity contribution is -0.137. The normalized spacial score (nSPS) is 10.7. The summed E-state index contributed by atoms with van der Waals surface area (Å²) in [5.74, 6) is -0.937. The molecular formula is C12H14FNO2. The molecule has 0 heterocycles. The van der Waals surface area contributed by atoms with Crippen LogP contribution in [0, 0.1) is 12.7 Å². The number of halogens is 1. The first-order valence-electron chi connectivity index (χ1n) is 4.95. The molecule has 0 amide bonds. The lowest BCUT2D eigenvalue weighted by Gasteiger charge is -2.03. The third-order valence-corrected chi connectivity index (χ3v) is 2.07. The zero-order chi connectivity index (χ0) is 12.1. The van der Waals surface area contributed by atoms with Gasteiger partial charge in [-0.25, -0.2) is 9.18 Å². The highest BCUT2D eigenvalue weighted by molar-refractivity contribution is 5.87. The Kier molecular flexibility index (Phi) is 4.05. The van der Waals surface area contributed by atoms with Gasteiger partial charge >= 0.3 is 5.97 Å². The molecule has 0 aromatic heterocycles. The first-order valence-corrected chi connectivity index (χ1v) is 4.95. The van der Waals surface area contributed by atoms with E-state index in [9.17, 15) is 9.18 Å². The van der Waals surface area contributed by atoms with E-state index in [1.54, 1.807) is 13.8 Å². The van der Waals surface area contributed by atoms with Crippen molar-refractivity contribution in [3.05, 3.63) is 35.2 Å². The smallest absolute Gasteiger partial charge is 0.330 e. The number of aryl methyl sites for hydroxylation is 1. The van der Waals surface area contributed by atoms with Crippen molar-refractivity contribution in [2.75, 3.05) is 12.3 Å². The molecule has 0 radical (unpaired) electrons. The van der Waals surface area contributed by atoms with Gasteiger partial charge in [0.05, 0.1) is 12.3 Å². The number of benzene rings is 1. The average molecular weight is 223 g/mol. The molecule has 16 heavy (non-hydrogen) atoms. The molecule has 0 aliphatic rings. The Morgan fingerprint density at radius 2 is 2.25 bits per heavy atom. The monoisotopic (exact) mass is 223 g/mol. The molecular weight excluding hydrogens is 209 g/mol. The molecule has 0 aliphatic heterocycles. The third-order valence-electron chi connectivity index (χ3n) is 2.07. The van der Waals surface area contributed by atoms with Gasteiger partial charge in [0.2, 0.25) is 0 Å². The highest BCUT2D eigenvalue weighted by Crippen LogP contribution is 2.18. The van der Waals surface area contributed by atoms with Crippen LogP contribution < -0.4 is 5.73 Å². The molecule has 0 fully saturated rings. The quantitative estimate of drug-likeness (QED) is 0.486. The number of hydrogen-bond donors (Lipinski definition) is 1. The van der Waals surface area contributed by atoms with Crippen LogP contribution in [0.5, 0.6) is 0 Å². The van der Waals surface area contributed by atoms with Crippen LogP contribution in [0.25, 0.3) is 6.08 Å². The molecule has 0 spiro atoms. The Labute approximate surface area is 93.7 Å². The van der Waals surface area contributed by atoms with Crippen molar-refractivity contribution in [1.29, 1.82) is 0 Å². The Bertz CT molecular complexity index is 427. The van der Waals surface area contributed by atoms with Gasteiger partial charge in [-0.2, -0.15) is 0 Å². The van der Waals surface area contributed by atoms with Gasteiger partial charge in [-0.05, 0) is 43.2 Å². The van der Waals surface area contributed by atoms with Gasteiger partial charge in [0.1, 0.15) is 5.82 Å².